The van der Waals surface area contributed by atoms with Crippen LogP contribution in [-0.4, -0.2) is 121 Å². The summed E-state index contributed by atoms with van der Waals surface area (Å²) in [5.74, 6) is 0.315. The minimum absolute atomic E-state index is 0.00852. The van der Waals surface area contributed by atoms with Crippen LogP contribution in [0.25, 0.3) is 0 Å². The third kappa shape index (κ3) is 7.98. The van der Waals surface area contributed by atoms with Gasteiger partial charge in [0.25, 0.3) is 0 Å². The minimum atomic E-state index is -0.461. The van der Waals surface area contributed by atoms with Crippen LogP contribution >= 0.6 is 31.9 Å². The number of rotatable bonds is 8. The zero-order chi connectivity index (χ0) is 33.1. The summed E-state index contributed by atoms with van der Waals surface area (Å²) in [4.78, 5) is 51.7. The van der Waals surface area contributed by atoms with Crippen LogP contribution < -0.4 is 10.1 Å². The van der Waals surface area contributed by atoms with Crippen molar-refractivity contribution < 1.29 is 19.1 Å². The number of carbonyl (C=O) groups is 3. The highest BCUT2D eigenvalue weighted by atomic mass is 79.9. The number of methoxy groups -OCH3 is 1. The van der Waals surface area contributed by atoms with Gasteiger partial charge < -0.3 is 29.7 Å². The lowest BCUT2D eigenvalue weighted by atomic mass is 9.92. The predicted molar refractivity (Wildman–Crippen MR) is 189 cm³/mol. The lowest BCUT2D eigenvalue weighted by Gasteiger charge is -2.43. The molecule has 1 N–H and O–H groups in total. The fourth-order valence-corrected chi connectivity index (χ4v) is 9.24. The Kier molecular flexibility index (Phi) is 11.1. The average molecular weight is 775 g/mol. The molecule has 4 aliphatic rings. The monoisotopic (exact) mass is 772 g/mol. The molecule has 0 radical (unpaired) electrons. The number of urea groups is 1. The number of amides is 4. The van der Waals surface area contributed by atoms with Gasteiger partial charge in [0, 0.05) is 83.1 Å². The van der Waals surface area contributed by atoms with E-state index in [-0.39, 0.29) is 30.3 Å². The molecule has 2 aromatic rings. The van der Waals surface area contributed by atoms with E-state index in [2.05, 4.69) is 54.0 Å². The van der Waals surface area contributed by atoms with Crippen molar-refractivity contribution in [3.63, 3.8) is 0 Å². The van der Waals surface area contributed by atoms with Crippen LogP contribution in [0, 0.1) is 5.92 Å². The Morgan fingerprint density at radius 3 is 2.17 bits per heavy atom. The quantitative estimate of drug-likeness (QED) is 0.405. The van der Waals surface area contributed by atoms with E-state index in [4.69, 9.17) is 4.74 Å². The van der Waals surface area contributed by atoms with Crippen LogP contribution in [0.2, 0.25) is 0 Å². The molecule has 1 unspecified atom stereocenters. The first-order valence-corrected chi connectivity index (χ1v) is 18.5. The van der Waals surface area contributed by atoms with Crippen molar-refractivity contribution in [2.24, 2.45) is 5.92 Å². The number of carbonyl (C=O) groups excluding carboxylic acids is 3. The lowest BCUT2D eigenvalue weighted by Crippen LogP contribution is -2.54. The molecule has 10 nitrogen and oxygen atoms in total. The smallest absolute Gasteiger partial charge is 0.322 e. The molecule has 0 aliphatic carbocycles. The molecule has 12 heteroatoms. The van der Waals surface area contributed by atoms with E-state index in [0.29, 0.717) is 37.8 Å². The number of piperazine rings is 1. The van der Waals surface area contributed by atoms with Gasteiger partial charge in [-0.2, -0.15) is 0 Å². The van der Waals surface area contributed by atoms with Gasteiger partial charge in [-0.05, 0) is 100 Å². The highest BCUT2D eigenvalue weighted by Gasteiger charge is 2.36. The summed E-state index contributed by atoms with van der Waals surface area (Å²) in [6.07, 6.45) is 4.01. The molecule has 1 atom stereocenters. The number of ether oxygens (including phenoxy) is 1. The number of likely N-dealkylation sites (tertiary alicyclic amines) is 2. The summed E-state index contributed by atoms with van der Waals surface area (Å²) in [6, 6.07) is 12.4. The number of nitrogens with one attached hydrogen (secondary N) is 1. The van der Waals surface area contributed by atoms with E-state index in [0.717, 1.165) is 90.7 Å². The van der Waals surface area contributed by atoms with Gasteiger partial charge in [-0.1, -0.05) is 18.2 Å². The molecule has 4 heterocycles. The van der Waals surface area contributed by atoms with E-state index in [9.17, 15) is 14.4 Å². The second kappa shape index (κ2) is 15.3. The van der Waals surface area contributed by atoms with Crippen LogP contribution in [0.5, 0.6) is 5.75 Å². The van der Waals surface area contributed by atoms with Crippen LogP contribution in [0.4, 0.5) is 10.5 Å². The van der Waals surface area contributed by atoms with Gasteiger partial charge in [0.05, 0.1) is 22.0 Å². The molecular weight excluding hydrogens is 728 g/mol. The summed E-state index contributed by atoms with van der Waals surface area (Å²) in [7, 11) is 3.80. The Balaban J connectivity index is 1.10. The van der Waals surface area contributed by atoms with E-state index in [1.165, 1.54) is 0 Å². The van der Waals surface area contributed by atoms with Gasteiger partial charge in [-0.3, -0.25) is 14.5 Å². The second-order valence-electron chi connectivity index (χ2n) is 13.4. The summed E-state index contributed by atoms with van der Waals surface area (Å²) in [5.41, 5.74) is 2.95. The van der Waals surface area contributed by atoms with Crippen molar-refractivity contribution in [3.05, 3.63) is 56.5 Å². The Bertz CT molecular complexity index is 1430. The van der Waals surface area contributed by atoms with Crippen molar-refractivity contribution in [1.82, 2.24) is 24.5 Å². The number of para-hydroxylation sites is 1. The van der Waals surface area contributed by atoms with Crippen molar-refractivity contribution in [2.45, 2.75) is 57.2 Å². The van der Waals surface area contributed by atoms with Gasteiger partial charge in [-0.15, -0.1) is 0 Å². The Morgan fingerprint density at radius 1 is 0.894 bits per heavy atom. The lowest BCUT2D eigenvalue weighted by molar-refractivity contribution is -0.143. The third-order valence-corrected chi connectivity index (χ3v) is 11.6. The predicted octanol–water partition coefficient (Wildman–Crippen LogP) is 5.05. The number of anilines is 1. The normalized spacial score (nSPS) is 20.9. The maximum absolute atomic E-state index is 14.2. The van der Waals surface area contributed by atoms with Crippen molar-refractivity contribution in [1.29, 1.82) is 0 Å². The number of halogens is 2. The number of hydrogen-bond donors (Lipinski definition) is 1. The summed E-state index contributed by atoms with van der Waals surface area (Å²) in [6.45, 7) is 7.53. The number of nitrogens with zero attached hydrogens (tertiary/aromatic N) is 5. The van der Waals surface area contributed by atoms with Crippen LogP contribution in [-0.2, 0) is 22.6 Å². The highest BCUT2D eigenvalue weighted by molar-refractivity contribution is 9.11. The molecule has 6 rings (SSSR count). The molecule has 3 fully saturated rings. The van der Waals surface area contributed by atoms with E-state index in [1.807, 2.05) is 51.1 Å². The van der Waals surface area contributed by atoms with E-state index in [1.54, 1.807) is 7.11 Å². The highest BCUT2D eigenvalue weighted by Crippen LogP contribution is 2.36. The number of fused-ring (bicyclic) bond motifs is 1. The van der Waals surface area contributed by atoms with Crippen molar-refractivity contribution in [2.75, 3.05) is 71.8 Å². The largest absolute Gasteiger partial charge is 0.494 e. The van der Waals surface area contributed by atoms with Gasteiger partial charge in [0.15, 0.2) is 0 Å². The van der Waals surface area contributed by atoms with Crippen molar-refractivity contribution in [3.8, 4) is 5.75 Å². The fourth-order valence-electron chi connectivity index (χ4n) is 7.64. The first-order chi connectivity index (χ1) is 22.7. The molecule has 47 heavy (non-hydrogen) atoms. The maximum atomic E-state index is 14.2. The molecule has 4 aliphatic heterocycles. The molecule has 0 bridgehead atoms. The van der Waals surface area contributed by atoms with Gasteiger partial charge in [0.1, 0.15) is 5.75 Å². The maximum Gasteiger partial charge on any atom is 0.322 e. The number of likely N-dealkylation sites (N-methyl/N-ethyl adjacent to an activating group) is 1. The van der Waals surface area contributed by atoms with Crippen LogP contribution in [0.3, 0.4) is 0 Å². The minimum Gasteiger partial charge on any atom is -0.494 e. The summed E-state index contributed by atoms with van der Waals surface area (Å²) < 4.78 is 7.11. The van der Waals surface area contributed by atoms with E-state index >= 15 is 0 Å². The molecule has 0 spiro atoms. The van der Waals surface area contributed by atoms with Gasteiger partial charge >= 0.3 is 6.03 Å². The molecule has 2 aromatic carbocycles. The number of benzene rings is 2. The fraction of sp³-hybridized carbons (Fsp3) is 0.571. The summed E-state index contributed by atoms with van der Waals surface area (Å²) in [5, 5.41) is 3.02. The Labute approximate surface area is 295 Å². The zero-order valence-corrected chi connectivity index (χ0v) is 30.6. The van der Waals surface area contributed by atoms with Crippen molar-refractivity contribution >= 4 is 55.4 Å². The molecular formula is C35H46Br2N6O4. The molecule has 4 amide bonds. The Morgan fingerprint density at radius 2 is 1.51 bits per heavy atom. The molecule has 0 aromatic heterocycles. The van der Waals surface area contributed by atoms with Gasteiger partial charge in [0.2, 0.25) is 11.8 Å². The van der Waals surface area contributed by atoms with E-state index < -0.39 is 5.92 Å². The zero-order valence-electron chi connectivity index (χ0n) is 27.4. The van der Waals surface area contributed by atoms with Crippen LogP contribution in [0.1, 0.15) is 43.2 Å². The first-order valence-electron chi connectivity index (χ1n) is 16.9. The molecule has 254 valence electrons. The number of hydrogen-bond acceptors (Lipinski definition) is 6. The first kappa shape index (κ1) is 34.2. The number of piperidine rings is 2. The standard InChI is InChI=1S/C35H46Br2N6O4/c1-39-15-17-40(18-16-39)27-7-13-42(14-8-27)34(45)26(19-24-20-29(36)33(47-2)30(37)21-24)22-32(44)41-11-9-28(10-12-41)43-23-25-5-3-4-6-31(25)38-35(43)46/h3-6,20-21,26-28H,7-19,22-23H2,1-2H3,(H,38,46). The summed E-state index contributed by atoms with van der Waals surface area (Å²) >= 11 is 7.22. The average Bonchev–Trinajstić information content (AvgIpc) is 3.08. The van der Waals surface area contributed by atoms with Crippen LogP contribution in [0.15, 0.2) is 45.3 Å². The second-order valence-corrected chi connectivity index (χ2v) is 15.1. The molecule has 0 saturated carbocycles. The SMILES string of the molecule is COc1c(Br)cc(CC(CC(=O)N2CCC(N3Cc4ccccc4NC3=O)CC2)C(=O)N2CCC(N3CCN(C)CC3)CC2)cc1Br. The van der Waals surface area contributed by atoms with Gasteiger partial charge in [-0.25, -0.2) is 4.79 Å². The molecule has 3 saturated heterocycles. The topological polar surface area (TPSA) is 88.7 Å². The third-order valence-electron chi connectivity index (χ3n) is 10.5. The Hall–Kier alpha value is -2.67.